The number of piperidine rings is 1. The zero-order valence-electron chi connectivity index (χ0n) is 14.0. The van der Waals surface area contributed by atoms with Gasteiger partial charge in [0.05, 0.1) is 12.0 Å². The molecule has 0 bridgehead atoms. The largest absolute Gasteiger partial charge is 0.459 e. The van der Waals surface area contributed by atoms with Crippen LogP contribution in [-0.2, 0) is 0 Å². The van der Waals surface area contributed by atoms with E-state index in [2.05, 4.69) is 15.5 Å². The van der Waals surface area contributed by atoms with Crippen molar-refractivity contribution in [3.05, 3.63) is 52.7 Å². The van der Waals surface area contributed by atoms with E-state index < -0.39 is 0 Å². The van der Waals surface area contributed by atoms with Gasteiger partial charge >= 0.3 is 0 Å². The summed E-state index contributed by atoms with van der Waals surface area (Å²) in [6.07, 6.45) is 3.15. The van der Waals surface area contributed by atoms with Crippen LogP contribution in [0.1, 0.15) is 33.9 Å². The molecule has 1 atom stereocenters. The molecule has 0 radical (unpaired) electrons. The number of hydrogen-bond acceptors (Lipinski definition) is 5. The van der Waals surface area contributed by atoms with Gasteiger partial charge in [0.2, 0.25) is 0 Å². The van der Waals surface area contributed by atoms with Crippen molar-refractivity contribution in [3.63, 3.8) is 0 Å². The maximum absolute atomic E-state index is 12.5. The van der Waals surface area contributed by atoms with Gasteiger partial charge in [-0.1, -0.05) is 0 Å². The molecular formula is C18H18N4O3S. The Kier molecular flexibility index (Phi) is 4.57. The van der Waals surface area contributed by atoms with Gasteiger partial charge in [0, 0.05) is 30.1 Å². The molecule has 1 aliphatic heterocycles. The summed E-state index contributed by atoms with van der Waals surface area (Å²) in [5.41, 5.74) is 2.15. The molecule has 1 saturated heterocycles. The van der Waals surface area contributed by atoms with E-state index in [1.165, 1.54) is 6.26 Å². The van der Waals surface area contributed by atoms with Crippen molar-refractivity contribution in [2.24, 2.45) is 0 Å². The van der Waals surface area contributed by atoms with Crippen LogP contribution in [0.3, 0.4) is 0 Å². The smallest absolute Gasteiger partial charge is 0.289 e. The van der Waals surface area contributed by atoms with Crippen LogP contribution in [0.5, 0.6) is 0 Å². The molecule has 26 heavy (non-hydrogen) atoms. The summed E-state index contributed by atoms with van der Waals surface area (Å²) in [5, 5.41) is 13.9. The standard InChI is InChI=1S/C18H18N4O3S/c23-17(15-9-14(20-21-15)12-5-8-26-11-12)19-13-3-1-6-22(10-13)18(24)16-4-2-7-25-16/h2,4-5,7-9,11,13H,1,3,6,10H2,(H,19,23)(H,20,21). The third-order valence-corrected chi connectivity index (χ3v) is 5.10. The first-order valence-electron chi connectivity index (χ1n) is 8.42. The van der Waals surface area contributed by atoms with Gasteiger partial charge in [-0.05, 0) is 42.5 Å². The number of hydrogen-bond donors (Lipinski definition) is 2. The van der Waals surface area contributed by atoms with Crippen LogP contribution < -0.4 is 5.32 Å². The van der Waals surface area contributed by atoms with Crippen molar-refractivity contribution in [2.75, 3.05) is 13.1 Å². The van der Waals surface area contributed by atoms with E-state index in [9.17, 15) is 9.59 Å². The molecule has 8 heteroatoms. The summed E-state index contributed by atoms with van der Waals surface area (Å²) in [7, 11) is 0. The van der Waals surface area contributed by atoms with Crippen molar-refractivity contribution >= 4 is 23.2 Å². The topological polar surface area (TPSA) is 91.2 Å². The molecule has 2 N–H and O–H groups in total. The molecule has 4 heterocycles. The van der Waals surface area contributed by atoms with E-state index in [1.807, 2.05) is 16.8 Å². The third-order valence-electron chi connectivity index (χ3n) is 4.42. The first-order valence-corrected chi connectivity index (χ1v) is 9.36. The van der Waals surface area contributed by atoms with Gasteiger partial charge in [-0.3, -0.25) is 14.7 Å². The SMILES string of the molecule is O=C(NC1CCCN(C(=O)c2ccco2)C1)c1cc(-c2ccsc2)n[nH]1. The highest BCUT2D eigenvalue weighted by atomic mass is 32.1. The second-order valence-corrected chi connectivity index (χ2v) is 7.00. The Morgan fingerprint density at radius 1 is 1.38 bits per heavy atom. The lowest BCUT2D eigenvalue weighted by molar-refractivity contribution is 0.0646. The Morgan fingerprint density at radius 2 is 2.31 bits per heavy atom. The highest BCUT2D eigenvalue weighted by Crippen LogP contribution is 2.21. The predicted molar refractivity (Wildman–Crippen MR) is 97.0 cm³/mol. The number of likely N-dealkylation sites (tertiary alicyclic amines) is 1. The van der Waals surface area contributed by atoms with Gasteiger partial charge < -0.3 is 14.6 Å². The van der Waals surface area contributed by atoms with Gasteiger partial charge in [-0.15, -0.1) is 0 Å². The number of carbonyl (C=O) groups excluding carboxylic acids is 2. The minimum absolute atomic E-state index is 0.0944. The molecule has 4 rings (SSSR count). The summed E-state index contributed by atoms with van der Waals surface area (Å²) in [6, 6.07) is 6.96. The fourth-order valence-corrected chi connectivity index (χ4v) is 3.74. The maximum Gasteiger partial charge on any atom is 0.289 e. The average Bonchev–Trinajstić information content (AvgIpc) is 3.43. The second kappa shape index (κ2) is 7.17. The van der Waals surface area contributed by atoms with Gasteiger partial charge in [-0.25, -0.2) is 0 Å². The number of aromatic nitrogens is 2. The molecule has 0 aliphatic carbocycles. The van der Waals surface area contributed by atoms with Crippen molar-refractivity contribution in [2.45, 2.75) is 18.9 Å². The maximum atomic E-state index is 12.5. The Labute approximate surface area is 154 Å². The highest BCUT2D eigenvalue weighted by molar-refractivity contribution is 7.08. The summed E-state index contributed by atoms with van der Waals surface area (Å²) in [4.78, 5) is 26.6. The van der Waals surface area contributed by atoms with Crippen LogP contribution in [-0.4, -0.2) is 46.0 Å². The van der Waals surface area contributed by atoms with E-state index in [-0.39, 0.29) is 17.9 Å². The molecule has 2 amide bonds. The van der Waals surface area contributed by atoms with E-state index in [0.717, 1.165) is 24.1 Å². The van der Waals surface area contributed by atoms with Gasteiger partial charge in [0.25, 0.3) is 11.8 Å². The average molecular weight is 370 g/mol. The Balaban J connectivity index is 1.39. The fourth-order valence-electron chi connectivity index (χ4n) is 3.09. The van der Waals surface area contributed by atoms with Gasteiger partial charge in [-0.2, -0.15) is 16.4 Å². The molecule has 0 spiro atoms. The lowest BCUT2D eigenvalue weighted by Crippen LogP contribution is -2.49. The zero-order valence-corrected chi connectivity index (χ0v) is 14.8. The molecule has 134 valence electrons. The number of amides is 2. The number of H-pyrrole nitrogens is 1. The molecule has 1 aliphatic rings. The van der Waals surface area contributed by atoms with Crippen molar-refractivity contribution in [1.29, 1.82) is 0 Å². The summed E-state index contributed by atoms with van der Waals surface area (Å²) < 4.78 is 5.18. The molecule has 7 nitrogen and oxygen atoms in total. The second-order valence-electron chi connectivity index (χ2n) is 6.22. The Bertz CT molecular complexity index is 886. The monoisotopic (exact) mass is 370 g/mol. The van der Waals surface area contributed by atoms with Crippen molar-refractivity contribution in [3.8, 4) is 11.3 Å². The molecular weight excluding hydrogens is 352 g/mol. The zero-order chi connectivity index (χ0) is 17.9. The lowest BCUT2D eigenvalue weighted by Gasteiger charge is -2.32. The number of rotatable bonds is 4. The van der Waals surface area contributed by atoms with Crippen LogP contribution in [0.4, 0.5) is 0 Å². The summed E-state index contributed by atoms with van der Waals surface area (Å²) in [5.74, 6) is -0.0301. The number of aromatic amines is 1. The van der Waals surface area contributed by atoms with E-state index >= 15 is 0 Å². The van der Waals surface area contributed by atoms with Crippen LogP contribution in [0.25, 0.3) is 11.3 Å². The molecule has 3 aromatic rings. The number of nitrogens with one attached hydrogen (secondary N) is 2. The Morgan fingerprint density at radius 3 is 3.08 bits per heavy atom. The highest BCUT2D eigenvalue weighted by Gasteiger charge is 2.27. The number of carbonyl (C=O) groups is 2. The van der Waals surface area contributed by atoms with Crippen LogP contribution in [0, 0.1) is 0 Å². The normalized spacial score (nSPS) is 17.2. The minimum atomic E-state index is -0.212. The molecule has 3 aromatic heterocycles. The van der Waals surface area contributed by atoms with Crippen LogP contribution in [0.15, 0.2) is 45.7 Å². The number of thiophene rings is 1. The molecule has 1 unspecified atom stereocenters. The van der Waals surface area contributed by atoms with Crippen LogP contribution >= 0.6 is 11.3 Å². The number of furan rings is 1. The summed E-state index contributed by atoms with van der Waals surface area (Å²) in [6.45, 7) is 1.13. The van der Waals surface area contributed by atoms with E-state index in [4.69, 9.17) is 4.42 Å². The summed E-state index contributed by atoms with van der Waals surface area (Å²) >= 11 is 1.58. The third kappa shape index (κ3) is 3.41. The van der Waals surface area contributed by atoms with E-state index in [0.29, 0.717) is 24.5 Å². The number of nitrogens with zero attached hydrogens (tertiary/aromatic N) is 2. The molecule has 0 saturated carbocycles. The fraction of sp³-hybridized carbons (Fsp3) is 0.278. The first-order chi connectivity index (χ1) is 12.7. The Hall–Kier alpha value is -2.87. The lowest BCUT2D eigenvalue weighted by atomic mass is 10.1. The van der Waals surface area contributed by atoms with Crippen molar-refractivity contribution < 1.29 is 14.0 Å². The quantitative estimate of drug-likeness (QED) is 0.739. The van der Waals surface area contributed by atoms with Crippen molar-refractivity contribution in [1.82, 2.24) is 20.4 Å². The van der Waals surface area contributed by atoms with Gasteiger partial charge in [0.15, 0.2) is 5.76 Å². The van der Waals surface area contributed by atoms with E-state index in [1.54, 1.807) is 34.4 Å². The predicted octanol–water partition coefficient (Wildman–Crippen LogP) is 2.77. The molecule has 1 fully saturated rings. The molecule has 0 aromatic carbocycles. The first kappa shape index (κ1) is 16.6. The van der Waals surface area contributed by atoms with Gasteiger partial charge in [0.1, 0.15) is 5.69 Å². The van der Waals surface area contributed by atoms with Crippen LogP contribution in [0.2, 0.25) is 0 Å². The minimum Gasteiger partial charge on any atom is -0.459 e.